The van der Waals surface area contributed by atoms with Crippen LogP contribution in [0.4, 0.5) is 5.82 Å². The standard InChI is InChI=1S/C21H25N3O4.CH2O2/c25-20(23-11-5-2-6-12-23)16-10-7-13-24(14-16)19-17(21(26)27)18(28-22-19)15-8-3-1-4-9-15;2-1-3/h1,3-4,8-9,16H,2,5-7,10-14H2,(H,26,27);1H,(H,2,3). The third-order valence-electron chi connectivity index (χ3n) is 5.66. The normalized spacial score (nSPS) is 18.6. The monoisotopic (exact) mass is 429 g/mol. The van der Waals surface area contributed by atoms with Crippen molar-refractivity contribution in [3.05, 3.63) is 35.9 Å². The molecule has 0 bridgehead atoms. The zero-order chi connectivity index (χ0) is 22.2. The Hall–Kier alpha value is -3.36. The van der Waals surface area contributed by atoms with E-state index in [9.17, 15) is 14.7 Å². The molecule has 2 saturated heterocycles. The number of benzene rings is 1. The van der Waals surface area contributed by atoms with Crippen molar-refractivity contribution in [1.29, 1.82) is 0 Å². The molecule has 0 radical (unpaired) electrons. The molecule has 2 aliphatic rings. The van der Waals surface area contributed by atoms with Crippen LogP contribution in [-0.4, -0.2) is 64.8 Å². The van der Waals surface area contributed by atoms with E-state index in [1.807, 2.05) is 28.0 Å². The van der Waals surface area contributed by atoms with Crippen LogP contribution in [0, 0.1) is 5.92 Å². The van der Waals surface area contributed by atoms with E-state index >= 15 is 0 Å². The number of likely N-dealkylation sites (tertiary alicyclic amines) is 1. The van der Waals surface area contributed by atoms with Crippen LogP contribution < -0.4 is 4.90 Å². The number of carboxylic acids is 1. The molecular formula is C22H27N3O6. The van der Waals surface area contributed by atoms with Gasteiger partial charge in [-0.2, -0.15) is 0 Å². The summed E-state index contributed by atoms with van der Waals surface area (Å²) in [5.41, 5.74) is 0.744. The van der Waals surface area contributed by atoms with Gasteiger partial charge in [-0.1, -0.05) is 35.5 Å². The van der Waals surface area contributed by atoms with Crippen molar-refractivity contribution in [2.24, 2.45) is 5.92 Å². The Kier molecular flexibility index (Phi) is 7.64. The number of aromatic nitrogens is 1. The van der Waals surface area contributed by atoms with E-state index in [1.54, 1.807) is 12.1 Å². The number of hydrogen-bond acceptors (Lipinski definition) is 6. The second-order valence-corrected chi connectivity index (χ2v) is 7.66. The van der Waals surface area contributed by atoms with Crippen molar-refractivity contribution in [2.75, 3.05) is 31.1 Å². The van der Waals surface area contributed by atoms with Crippen LogP contribution in [0.25, 0.3) is 11.3 Å². The van der Waals surface area contributed by atoms with E-state index in [2.05, 4.69) is 5.16 Å². The van der Waals surface area contributed by atoms with Gasteiger partial charge in [0.2, 0.25) is 5.91 Å². The van der Waals surface area contributed by atoms with Crippen molar-refractivity contribution in [3.63, 3.8) is 0 Å². The van der Waals surface area contributed by atoms with E-state index in [0.717, 1.165) is 38.8 Å². The first-order valence-corrected chi connectivity index (χ1v) is 10.5. The number of carbonyl (C=O) groups excluding carboxylic acids is 1. The maximum atomic E-state index is 12.9. The van der Waals surface area contributed by atoms with Gasteiger partial charge in [0.25, 0.3) is 6.47 Å². The highest BCUT2D eigenvalue weighted by Crippen LogP contribution is 2.34. The Labute approximate surface area is 180 Å². The molecule has 31 heavy (non-hydrogen) atoms. The molecule has 0 aliphatic carbocycles. The summed E-state index contributed by atoms with van der Waals surface area (Å²) in [5.74, 6) is -0.423. The molecule has 2 aliphatic heterocycles. The Bertz CT molecular complexity index is 892. The number of carbonyl (C=O) groups is 3. The van der Waals surface area contributed by atoms with Gasteiger partial charge in [-0.05, 0) is 32.1 Å². The van der Waals surface area contributed by atoms with Crippen LogP contribution in [0.5, 0.6) is 0 Å². The topological polar surface area (TPSA) is 124 Å². The van der Waals surface area contributed by atoms with Gasteiger partial charge in [0.05, 0.1) is 5.92 Å². The van der Waals surface area contributed by atoms with Gasteiger partial charge < -0.3 is 24.5 Å². The van der Waals surface area contributed by atoms with Crippen molar-refractivity contribution in [2.45, 2.75) is 32.1 Å². The summed E-state index contributed by atoms with van der Waals surface area (Å²) in [5, 5.41) is 20.8. The lowest BCUT2D eigenvalue weighted by Gasteiger charge is -2.36. The molecule has 4 rings (SSSR count). The van der Waals surface area contributed by atoms with Crippen LogP contribution in [0.2, 0.25) is 0 Å². The zero-order valence-corrected chi connectivity index (χ0v) is 17.3. The molecule has 0 saturated carbocycles. The Morgan fingerprint density at radius 3 is 2.39 bits per heavy atom. The molecule has 9 heteroatoms. The molecule has 1 atom stereocenters. The lowest BCUT2D eigenvalue weighted by Crippen LogP contribution is -2.46. The molecule has 0 spiro atoms. The number of piperidine rings is 2. The van der Waals surface area contributed by atoms with E-state index in [-0.39, 0.29) is 29.6 Å². The number of carboxylic acid groups (broad SMARTS) is 2. The lowest BCUT2D eigenvalue weighted by atomic mass is 9.95. The summed E-state index contributed by atoms with van der Waals surface area (Å²) in [6, 6.07) is 9.13. The highest BCUT2D eigenvalue weighted by atomic mass is 16.5. The summed E-state index contributed by atoms with van der Waals surface area (Å²) < 4.78 is 5.44. The number of nitrogens with zero attached hydrogens (tertiary/aromatic N) is 3. The highest BCUT2D eigenvalue weighted by Gasteiger charge is 2.34. The van der Waals surface area contributed by atoms with E-state index in [4.69, 9.17) is 14.4 Å². The van der Waals surface area contributed by atoms with Crippen LogP contribution in [0.3, 0.4) is 0 Å². The predicted molar refractivity (Wildman–Crippen MR) is 113 cm³/mol. The van der Waals surface area contributed by atoms with Gasteiger partial charge in [-0.3, -0.25) is 9.59 Å². The number of amides is 1. The molecule has 2 aromatic rings. The average molecular weight is 429 g/mol. The second kappa shape index (κ2) is 10.6. The molecule has 166 valence electrons. The SMILES string of the molecule is O=C(O)c1c(N2CCCC(C(=O)N3CCCCC3)C2)noc1-c1ccccc1.O=CO. The van der Waals surface area contributed by atoms with Crippen molar-refractivity contribution >= 4 is 24.2 Å². The number of rotatable bonds is 4. The smallest absolute Gasteiger partial charge is 0.343 e. The first-order chi connectivity index (χ1) is 15.1. The molecule has 1 amide bonds. The minimum Gasteiger partial charge on any atom is -0.483 e. The summed E-state index contributed by atoms with van der Waals surface area (Å²) in [6.07, 6.45) is 4.97. The minimum atomic E-state index is -1.07. The first-order valence-electron chi connectivity index (χ1n) is 10.5. The fourth-order valence-corrected chi connectivity index (χ4v) is 4.22. The van der Waals surface area contributed by atoms with Gasteiger partial charge in [-0.15, -0.1) is 0 Å². The summed E-state index contributed by atoms with van der Waals surface area (Å²) in [7, 11) is 0. The Morgan fingerprint density at radius 1 is 1.06 bits per heavy atom. The first kappa shape index (κ1) is 22.3. The van der Waals surface area contributed by atoms with Crippen LogP contribution in [0.1, 0.15) is 42.5 Å². The average Bonchev–Trinajstić information content (AvgIpc) is 3.26. The fourth-order valence-electron chi connectivity index (χ4n) is 4.22. The van der Waals surface area contributed by atoms with Gasteiger partial charge in [0, 0.05) is 31.7 Å². The molecule has 1 aromatic carbocycles. The highest BCUT2D eigenvalue weighted by molar-refractivity contribution is 5.99. The van der Waals surface area contributed by atoms with Crippen molar-refractivity contribution in [3.8, 4) is 11.3 Å². The molecule has 1 aromatic heterocycles. The summed E-state index contributed by atoms with van der Waals surface area (Å²) in [4.78, 5) is 37.1. The van der Waals surface area contributed by atoms with Gasteiger partial charge >= 0.3 is 5.97 Å². The number of aromatic carboxylic acids is 1. The van der Waals surface area contributed by atoms with E-state index in [0.29, 0.717) is 24.5 Å². The number of hydrogen-bond donors (Lipinski definition) is 2. The van der Waals surface area contributed by atoms with Crippen LogP contribution in [-0.2, 0) is 9.59 Å². The maximum Gasteiger partial charge on any atom is 0.343 e. The molecule has 1 unspecified atom stereocenters. The molecule has 3 heterocycles. The lowest BCUT2D eigenvalue weighted by molar-refractivity contribution is -0.136. The summed E-state index contributed by atoms with van der Waals surface area (Å²) >= 11 is 0. The minimum absolute atomic E-state index is 0.0669. The van der Waals surface area contributed by atoms with Crippen LogP contribution >= 0.6 is 0 Å². The fraction of sp³-hybridized carbons (Fsp3) is 0.455. The quantitative estimate of drug-likeness (QED) is 0.711. The second-order valence-electron chi connectivity index (χ2n) is 7.66. The van der Waals surface area contributed by atoms with Gasteiger partial charge in [0.15, 0.2) is 17.1 Å². The largest absolute Gasteiger partial charge is 0.483 e. The third kappa shape index (κ3) is 5.22. The van der Waals surface area contributed by atoms with Gasteiger partial charge in [0.1, 0.15) is 0 Å². The Balaban J connectivity index is 0.000000858. The van der Waals surface area contributed by atoms with Crippen molar-refractivity contribution in [1.82, 2.24) is 10.1 Å². The Morgan fingerprint density at radius 2 is 1.74 bits per heavy atom. The van der Waals surface area contributed by atoms with E-state index in [1.165, 1.54) is 6.42 Å². The molecule has 9 nitrogen and oxygen atoms in total. The number of anilines is 1. The predicted octanol–water partition coefficient (Wildman–Crippen LogP) is 2.97. The molecular weight excluding hydrogens is 402 g/mol. The molecule has 2 N–H and O–H groups in total. The molecule has 2 fully saturated rings. The zero-order valence-electron chi connectivity index (χ0n) is 17.3. The third-order valence-corrected chi connectivity index (χ3v) is 5.66. The van der Waals surface area contributed by atoms with Crippen LogP contribution in [0.15, 0.2) is 34.9 Å². The maximum absolute atomic E-state index is 12.9. The van der Waals surface area contributed by atoms with Crippen molar-refractivity contribution < 1.29 is 29.1 Å². The van der Waals surface area contributed by atoms with Gasteiger partial charge in [-0.25, -0.2) is 4.79 Å². The van der Waals surface area contributed by atoms with E-state index < -0.39 is 5.97 Å². The summed E-state index contributed by atoms with van der Waals surface area (Å²) in [6.45, 7) is 2.57.